The third kappa shape index (κ3) is 2.66. The number of amides is 1. The zero-order chi connectivity index (χ0) is 14.1. The van der Waals surface area contributed by atoms with Gasteiger partial charge in [0.2, 0.25) is 5.91 Å². The molecule has 2 aliphatic rings. The number of ether oxygens (including phenoxy) is 1. The van der Waals surface area contributed by atoms with E-state index in [4.69, 9.17) is 4.74 Å². The first-order valence-corrected chi connectivity index (χ1v) is 7.44. The van der Waals surface area contributed by atoms with E-state index < -0.39 is 6.10 Å². The van der Waals surface area contributed by atoms with Crippen molar-refractivity contribution < 1.29 is 14.6 Å². The zero-order valence-electron chi connectivity index (χ0n) is 11.8. The summed E-state index contributed by atoms with van der Waals surface area (Å²) in [5, 5.41) is 13.1. The third-order valence-electron chi connectivity index (χ3n) is 4.11. The van der Waals surface area contributed by atoms with Crippen molar-refractivity contribution in [2.75, 3.05) is 6.61 Å². The maximum atomic E-state index is 12.0. The number of hydrogen-bond donors (Lipinski definition) is 2. The minimum Gasteiger partial charge on any atom is -0.493 e. The zero-order valence-corrected chi connectivity index (χ0v) is 11.8. The quantitative estimate of drug-likeness (QED) is 0.887. The van der Waals surface area contributed by atoms with Gasteiger partial charge in [-0.05, 0) is 37.0 Å². The smallest absolute Gasteiger partial charge is 0.223 e. The number of carbonyl (C=O) groups excluding carboxylic acids is 1. The molecule has 1 fully saturated rings. The average Bonchev–Trinajstić information content (AvgIpc) is 3.31. The molecule has 108 valence electrons. The number of fused-ring (bicyclic) bond motifs is 1. The fourth-order valence-corrected chi connectivity index (χ4v) is 2.64. The van der Waals surface area contributed by atoms with Crippen LogP contribution < -0.4 is 10.1 Å². The van der Waals surface area contributed by atoms with Gasteiger partial charge < -0.3 is 15.2 Å². The number of aliphatic hydroxyl groups is 1. The van der Waals surface area contributed by atoms with Gasteiger partial charge in [-0.25, -0.2) is 0 Å². The highest BCUT2D eigenvalue weighted by Crippen LogP contribution is 2.36. The van der Waals surface area contributed by atoms with Crippen LogP contribution in [0.4, 0.5) is 0 Å². The van der Waals surface area contributed by atoms with Crippen molar-refractivity contribution in [3.63, 3.8) is 0 Å². The van der Waals surface area contributed by atoms with Crippen molar-refractivity contribution in [3.8, 4) is 5.75 Å². The Balaban J connectivity index is 1.83. The Bertz CT molecular complexity index is 510. The van der Waals surface area contributed by atoms with Crippen LogP contribution in [0.2, 0.25) is 0 Å². The lowest BCUT2D eigenvalue weighted by Crippen LogP contribution is -2.33. The van der Waals surface area contributed by atoms with Gasteiger partial charge in [0.15, 0.2) is 0 Å². The second-order valence-electron chi connectivity index (χ2n) is 5.69. The lowest BCUT2D eigenvalue weighted by Gasteiger charge is -2.27. The molecular weight excluding hydrogens is 254 g/mol. The Morgan fingerprint density at radius 1 is 1.45 bits per heavy atom. The average molecular weight is 275 g/mol. The van der Waals surface area contributed by atoms with Crippen LogP contribution in [-0.4, -0.2) is 17.6 Å². The van der Waals surface area contributed by atoms with Crippen LogP contribution in [0, 0.1) is 5.92 Å². The summed E-state index contributed by atoms with van der Waals surface area (Å²) in [6, 6.07) is 5.79. The predicted octanol–water partition coefficient (Wildman–Crippen LogP) is 2.48. The van der Waals surface area contributed by atoms with Crippen LogP contribution >= 0.6 is 0 Å². The normalized spacial score (nSPS) is 22.6. The molecule has 3 rings (SSSR count). The molecule has 4 nitrogen and oxygen atoms in total. The summed E-state index contributed by atoms with van der Waals surface area (Å²) in [4.78, 5) is 12.0. The molecular formula is C16H21NO3. The van der Waals surface area contributed by atoms with Gasteiger partial charge in [-0.3, -0.25) is 4.79 Å². The molecule has 1 amide bonds. The summed E-state index contributed by atoms with van der Waals surface area (Å²) in [6.45, 7) is 2.57. The molecule has 2 N–H and O–H groups in total. The highest BCUT2D eigenvalue weighted by atomic mass is 16.5. The van der Waals surface area contributed by atoms with Crippen molar-refractivity contribution in [1.29, 1.82) is 0 Å². The third-order valence-corrected chi connectivity index (χ3v) is 4.11. The molecule has 2 unspecified atom stereocenters. The van der Waals surface area contributed by atoms with Gasteiger partial charge in [0, 0.05) is 17.9 Å². The van der Waals surface area contributed by atoms with Gasteiger partial charge >= 0.3 is 0 Å². The lowest BCUT2D eigenvalue weighted by atomic mass is 9.95. The van der Waals surface area contributed by atoms with Gasteiger partial charge in [0.25, 0.3) is 0 Å². The first-order chi connectivity index (χ1) is 9.69. The molecule has 2 atom stereocenters. The lowest BCUT2D eigenvalue weighted by molar-refractivity contribution is -0.123. The van der Waals surface area contributed by atoms with Gasteiger partial charge in [0.05, 0.1) is 18.8 Å². The van der Waals surface area contributed by atoms with Crippen LogP contribution in [0.3, 0.4) is 0 Å². The SMILES string of the molecule is CCC(O)c1ccc2c(c1)C(NC(=O)C1CC1)CCO2. The Kier molecular flexibility index (Phi) is 3.66. The van der Waals surface area contributed by atoms with E-state index in [0.29, 0.717) is 13.0 Å². The summed E-state index contributed by atoms with van der Waals surface area (Å²) in [6.07, 6.45) is 3.03. The van der Waals surface area contributed by atoms with Gasteiger partial charge in [0.1, 0.15) is 5.75 Å². The molecule has 0 saturated heterocycles. The fourth-order valence-electron chi connectivity index (χ4n) is 2.64. The predicted molar refractivity (Wildman–Crippen MR) is 75.4 cm³/mol. The van der Waals surface area contributed by atoms with Crippen LogP contribution in [0.25, 0.3) is 0 Å². The summed E-state index contributed by atoms with van der Waals surface area (Å²) in [5.41, 5.74) is 1.89. The monoisotopic (exact) mass is 275 g/mol. The van der Waals surface area contributed by atoms with E-state index in [0.717, 1.165) is 36.1 Å². The minimum absolute atomic E-state index is 0.0101. The highest BCUT2D eigenvalue weighted by Gasteiger charge is 2.32. The molecule has 1 aliphatic carbocycles. The van der Waals surface area contributed by atoms with Crippen LogP contribution in [0.5, 0.6) is 5.75 Å². The van der Waals surface area contributed by atoms with Gasteiger partial charge in [-0.15, -0.1) is 0 Å². The van der Waals surface area contributed by atoms with Crippen molar-refractivity contribution in [2.45, 2.75) is 44.8 Å². The Hall–Kier alpha value is -1.55. The van der Waals surface area contributed by atoms with E-state index in [-0.39, 0.29) is 17.9 Å². The number of aliphatic hydroxyl groups excluding tert-OH is 1. The van der Waals surface area contributed by atoms with E-state index in [1.165, 1.54) is 0 Å². The fraction of sp³-hybridized carbons (Fsp3) is 0.562. The van der Waals surface area contributed by atoms with Crippen molar-refractivity contribution in [1.82, 2.24) is 5.32 Å². The van der Waals surface area contributed by atoms with Crippen molar-refractivity contribution in [2.24, 2.45) is 5.92 Å². The molecule has 0 bridgehead atoms. The molecule has 0 radical (unpaired) electrons. The molecule has 4 heteroatoms. The second-order valence-corrected chi connectivity index (χ2v) is 5.69. The van der Waals surface area contributed by atoms with Gasteiger partial charge in [-0.2, -0.15) is 0 Å². The molecule has 1 aromatic carbocycles. The molecule has 20 heavy (non-hydrogen) atoms. The van der Waals surface area contributed by atoms with Crippen molar-refractivity contribution in [3.05, 3.63) is 29.3 Å². The van der Waals surface area contributed by atoms with E-state index in [9.17, 15) is 9.90 Å². The van der Waals surface area contributed by atoms with Crippen LogP contribution in [-0.2, 0) is 4.79 Å². The summed E-state index contributed by atoms with van der Waals surface area (Å²) in [5.74, 6) is 1.19. The number of hydrogen-bond acceptors (Lipinski definition) is 3. The molecule has 0 aromatic heterocycles. The second kappa shape index (κ2) is 5.44. The topological polar surface area (TPSA) is 58.6 Å². The van der Waals surface area contributed by atoms with E-state index >= 15 is 0 Å². The maximum Gasteiger partial charge on any atom is 0.223 e. The van der Waals surface area contributed by atoms with Crippen LogP contribution in [0.15, 0.2) is 18.2 Å². The highest BCUT2D eigenvalue weighted by molar-refractivity contribution is 5.81. The maximum absolute atomic E-state index is 12.0. The summed E-state index contributed by atoms with van der Waals surface area (Å²) >= 11 is 0. The first kappa shape index (κ1) is 13.4. The van der Waals surface area contributed by atoms with E-state index in [1.807, 2.05) is 25.1 Å². The Morgan fingerprint density at radius 3 is 2.95 bits per heavy atom. The number of carbonyl (C=O) groups is 1. The Morgan fingerprint density at radius 2 is 2.25 bits per heavy atom. The first-order valence-electron chi connectivity index (χ1n) is 7.44. The van der Waals surface area contributed by atoms with Crippen LogP contribution in [0.1, 0.15) is 55.9 Å². The standard InChI is InChI=1S/C16H21NO3/c1-2-14(18)11-5-6-15-12(9-11)13(7-8-20-15)17-16(19)10-3-4-10/h5-6,9-10,13-14,18H,2-4,7-8H2,1H3,(H,17,19). The summed E-state index contributed by atoms with van der Waals surface area (Å²) < 4.78 is 5.65. The molecule has 1 saturated carbocycles. The Labute approximate surface area is 119 Å². The number of benzene rings is 1. The molecule has 1 heterocycles. The molecule has 1 aliphatic heterocycles. The molecule has 1 aromatic rings. The van der Waals surface area contributed by atoms with E-state index in [2.05, 4.69) is 5.32 Å². The van der Waals surface area contributed by atoms with E-state index in [1.54, 1.807) is 0 Å². The molecule has 0 spiro atoms. The van der Waals surface area contributed by atoms with Crippen molar-refractivity contribution >= 4 is 5.91 Å². The largest absolute Gasteiger partial charge is 0.493 e. The number of nitrogens with one attached hydrogen (secondary N) is 1. The minimum atomic E-state index is -0.456. The summed E-state index contributed by atoms with van der Waals surface area (Å²) in [7, 11) is 0. The number of rotatable bonds is 4. The van der Waals surface area contributed by atoms with Gasteiger partial charge in [-0.1, -0.05) is 13.0 Å².